The molecule has 0 N–H and O–H groups in total. The normalized spacial score (nSPS) is 12.5. The van der Waals surface area contributed by atoms with Crippen LogP contribution in [0.5, 0.6) is 0 Å². The first-order chi connectivity index (χ1) is 16.3. The third-order valence-corrected chi connectivity index (χ3v) is 7.85. The van der Waals surface area contributed by atoms with E-state index in [2.05, 4.69) is 20.8 Å². The Morgan fingerprint density at radius 2 is 0.455 bits per heavy atom. The zero-order valence-corrected chi connectivity index (χ0v) is 24.1. The maximum Gasteiger partial charge on any atom is -0.0443 e. The standard InChI is InChI=1S/C33H68/c1-4-6-8-10-11-12-13-14-15-16-17-18-19-20-21-22-23-24-25-26-28-30-32-33(3)31-29-27-9-7-5-2/h33H,4-32H2,1-3H3. The van der Waals surface area contributed by atoms with E-state index in [9.17, 15) is 0 Å². The van der Waals surface area contributed by atoms with E-state index in [1.807, 2.05) is 0 Å². The maximum atomic E-state index is 2.48. The SMILES string of the molecule is CCCCCCCCCCCCCCCCCCCCCCCCC(C)CCCCCCC. The first-order valence-electron chi connectivity index (χ1n) is 16.3. The molecule has 0 nitrogen and oxygen atoms in total. The number of hydrogen-bond donors (Lipinski definition) is 0. The molecule has 0 heterocycles. The molecule has 0 aromatic heterocycles. The molecule has 0 aromatic carbocycles. The molecule has 1 unspecified atom stereocenters. The second-order valence-corrected chi connectivity index (χ2v) is 11.5. The molecule has 0 rings (SSSR count). The van der Waals surface area contributed by atoms with E-state index in [0.717, 1.165) is 5.92 Å². The number of rotatable bonds is 29. The van der Waals surface area contributed by atoms with Crippen LogP contribution < -0.4 is 0 Å². The highest BCUT2D eigenvalue weighted by Crippen LogP contribution is 2.19. The van der Waals surface area contributed by atoms with E-state index in [1.165, 1.54) is 186 Å². The predicted octanol–water partition coefficient (Wildman–Crippen LogP) is 13.0. The average Bonchev–Trinajstić information content (AvgIpc) is 2.82. The fraction of sp³-hybridized carbons (Fsp3) is 1.00. The molecule has 33 heavy (non-hydrogen) atoms. The molecule has 0 saturated carbocycles. The summed E-state index contributed by atoms with van der Waals surface area (Å²) in [7, 11) is 0. The lowest BCUT2D eigenvalue weighted by Gasteiger charge is -2.11. The Kier molecular flexibility index (Phi) is 30.0. The van der Waals surface area contributed by atoms with E-state index in [0.29, 0.717) is 0 Å². The van der Waals surface area contributed by atoms with Gasteiger partial charge in [-0.2, -0.15) is 0 Å². The third-order valence-electron chi connectivity index (χ3n) is 7.85. The topological polar surface area (TPSA) is 0 Å². The highest BCUT2D eigenvalue weighted by molar-refractivity contribution is 4.56. The van der Waals surface area contributed by atoms with E-state index in [1.54, 1.807) is 0 Å². The molecule has 0 saturated heterocycles. The van der Waals surface area contributed by atoms with Crippen molar-refractivity contribution in [2.75, 3.05) is 0 Å². The smallest absolute Gasteiger partial charge is 0.0443 e. The maximum absolute atomic E-state index is 2.48. The number of hydrogen-bond acceptors (Lipinski definition) is 0. The van der Waals surface area contributed by atoms with Gasteiger partial charge < -0.3 is 0 Å². The van der Waals surface area contributed by atoms with Gasteiger partial charge in [0.25, 0.3) is 0 Å². The summed E-state index contributed by atoms with van der Waals surface area (Å²) >= 11 is 0. The van der Waals surface area contributed by atoms with Gasteiger partial charge in [0.1, 0.15) is 0 Å². The Labute approximate surface area is 212 Å². The first kappa shape index (κ1) is 33.0. The lowest BCUT2D eigenvalue weighted by atomic mass is 9.96. The fourth-order valence-corrected chi connectivity index (χ4v) is 5.34. The zero-order chi connectivity index (χ0) is 24.1. The highest BCUT2D eigenvalue weighted by Gasteiger charge is 2.02. The molecule has 0 spiro atoms. The minimum atomic E-state index is 0.969. The molecule has 0 fully saturated rings. The summed E-state index contributed by atoms with van der Waals surface area (Å²) < 4.78 is 0. The third kappa shape index (κ3) is 30.0. The molecule has 0 radical (unpaired) electrons. The molecule has 200 valence electrons. The van der Waals surface area contributed by atoms with Gasteiger partial charge in [0, 0.05) is 0 Å². The Morgan fingerprint density at radius 1 is 0.273 bits per heavy atom. The second-order valence-electron chi connectivity index (χ2n) is 11.5. The molecule has 0 aliphatic carbocycles. The number of unbranched alkanes of at least 4 members (excludes halogenated alkanes) is 25. The van der Waals surface area contributed by atoms with Crippen molar-refractivity contribution < 1.29 is 0 Å². The van der Waals surface area contributed by atoms with Crippen molar-refractivity contribution in [1.29, 1.82) is 0 Å². The molecule has 1 atom stereocenters. The zero-order valence-electron chi connectivity index (χ0n) is 24.1. The van der Waals surface area contributed by atoms with Gasteiger partial charge in [0.2, 0.25) is 0 Å². The van der Waals surface area contributed by atoms with Crippen molar-refractivity contribution in [2.45, 2.75) is 207 Å². The van der Waals surface area contributed by atoms with Crippen molar-refractivity contribution in [2.24, 2.45) is 5.92 Å². The van der Waals surface area contributed by atoms with Gasteiger partial charge in [-0.15, -0.1) is 0 Å². The summed E-state index contributed by atoms with van der Waals surface area (Å²) in [4.78, 5) is 0. The minimum Gasteiger partial charge on any atom is -0.0654 e. The van der Waals surface area contributed by atoms with Crippen LogP contribution in [-0.2, 0) is 0 Å². The van der Waals surface area contributed by atoms with E-state index < -0.39 is 0 Å². The van der Waals surface area contributed by atoms with Crippen LogP contribution >= 0.6 is 0 Å². The molecule has 0 heteroatoms. The average molecular weight is 465 g/mol. The molecular weight excluding hydrogens is 396 g/mol. The Morgan fingerprint density at radius 3 is 0.667 bits per heavy atom. The summed E-state index contributed by atoms with van der Waals surface area (Å²) in [6, 6.07) is 0. The molecular formula is C33H68. The summed E-state index contributed by atoms with van der Waals surface area (Å²) in [6.07, 6.45) is 42.8. The summed E-state index contributed by atoms with van der Waals surface area (Å²) in [5, 5.41) is 0. The predicted molar refractivity (Wildman–Crippen MR) is 154 cm³/mol. The van der Waals surface area contributed by atoms with E-state index in [4.69, 9.17) is 0 Å². The Bertz CT molecular complexity index is 320. The van der Waals surface area contributed by atoms with Crippen LogP contribution in [-0.4, -0.2) is 0 Å². The van der Waals surface area contributed by atoms with Gasteiger partial charge in [-0.05, 0) is 5.92 Å². The van der Waals surface area contributed by atoms with Crippen LogP contribution in [0.4, 0.5) is 0 Å². The van der Waals surface area contributed by atoms with Crippen molar-refractivity contribution in [3.05, 3.63) is 0 Å². The largest absolute Gasteiger partial charge is 0.0654 e. The van der Waals surface area contributed by atoms with Crippen LogP contribution in [0.15, 0.2) is 0 Å². The van der Waals surface area contributed by atoms with Crippen molar-refractivity contribution in [3.63, 3.8) is 0 Å². The van der Waals surface area contributed by atoms with Crippen LogP contribution in [0.2, 0.25) is 0 Å². The van der Waals surface area contributed by atoms with Gasteiger partial charge in [-0.3, -0.25) is 0 Å². The van der Waals surface area contributed by atoms with E-state index >= 15 is 0 Å². The molecule has 0 bridgehead atoms. The summed E-state index contributed by atoms with van der Waals surface area (Å²) in [5.41, 5.74) is 0. The highest BCUT2D eigenvalue weighted by atomic mass is 14.1. The minimum absolute atomic E-state index is 0.969. The fourth-order valence-electron chi connectivity index (χ4n) is 5.34. The van der Waals surface area contributed by atoms with Crippen molar-refractivity contribution >= 4 is 0 Å². The van der Waals surface area contributed by atoms with Gasteiger partial charge in [0.15, 0.2) is 0 Å². The van der Waals surface area contributed by atoms with Crippen molar-refractivity contribution in [1.82, 2.24) is 0 Å². The van der Waals surface area contributed by atoms with Gasteiger partial charge >= 0.3 is 0 Å². The summed E-state index contributed by atoms with van der Waals surface area (Å²) in [5.74, 6) is 0.969. The van der Waals surface area contributed by atoms with Crippen LogP contribution in [0.3, 0.4) is 0 Å². The van der Waals surface area contributed by atoms with E-state index in [-0.39, 0.29) is 0 Å². The molecule has 0 amide bonds. The van der Waals surface area contributed by atoms with Gasteiger partial charge in [-0.1, -0.05) is 207 Å². The van der Waals surface area contributed by atoms with Gasteiger partial charge in [0.05, 0.1) is 0 Å². The molecule has 0 aromatic rings. The Hall–Kier alpha value is 0. The van der Waals surface area contributed by atoms with Crippen molar-refractivity contribution in [3.8, 4) is 0 Å². The first-order valence-corrected chi connectivity index (χ1v) is 16.3. The quantitative estimate of drug-likeness (QED) is 0.0965. The van der Waals surface area contributed by atoms with Gasteiger partial charge in [-0.25, -0.2) is 0 Å². The molecule has 0 aliphatic rings. The van der Waals surface area contributed by atoms with Crippen LogP contribution in [0, 0.1) is 5.92 Å². The second kappa shape index (κ2) is 30.0. The van der Waals surface area contributed by atoms with Crippen LogP contribution in [0.1, 0.15) is 207 Å². The Balaban J connectivity index is 3.07. The molecule has 0 aliphatic heterocycles. The lowest BCUT2D eigenvalue weighted by Crippen LogP contribution is -1.95. The summed E-state index contributed by atoms with van der Waals surface area (Å²) in [6.45, 7) is 7.10. The monoisotopic (exact) mass is 465 g/mol. The lowest BCUT2D eigenvalue weighted by molar-refractivity contribution is 0.431. The van der Waals surface area contributed by atoms with Crippen LogP contribution in [0.25, 0.3) is 0 Å².